The molecule has 1 heterocycles. The number of anilines is 1. The van der Waals surface area contributed by atoms with E-state index in [-0.39, 0.29) is 10.8 Å². The number of rotatable bonds is 7. The second-order valence-electron chi connectivity index (χ2n) is 4.97. The number of sulfonamides is 1. The topological polar surface area (TPSA) is 92.3 Å². The van der Waals surface area contributed by atoms with Crippen molar-refractivity contribution in [2.75, 3.05) is 18.4 Å². The molecule has 0 saturated heterocycles. The smallest absolute Gasteiger partial charge is 0.269 e. The van der Waals surface area contributed by atoms with Gasteiger partial charge in [0, 0.05) is 18.8 Å². The number of aromatic nitrogens is 2. The van der Waals surface area contributed by atoms with Crippen LogP contribution in [0.5, 0.6) is 0 Å². The molecule has 0 radical (unpaired) electrons. The van der Waals surface area contributed by atoms with E-state index >= 15 is 0 Å². The number of benzene rings is 1. The standard InChI is InChI=1S/C15H20N4O3S2/c1-4-13-14(23-18-17-13)15(20)16-11-7-9-12(10-8-11)24(21,22)19(5-2)6-3/h7-10H,4-6H2,1-3H3,(H,16,20). The molecular formula is C15H20N4O3S2. The largest absolute Gasteiger partial charge is 0.321 e. The molecule has 2 rings (SSSR count). The van der Waals surface area contributed by atoms with Crippen LogP contribution in [-0.2, 0) is 16.4 Å². The van der Waals surface area contributed by atoms with Gasteiger partial charge in [-0.15, -0.1) is 5.10 Å². The van der Waals surface area contributed by atoms with Crippen LogP contribution in [-0.4, -0.2) is 41.3 Å². The van der Waals surface area contributed by atoms with E-state index < -0.39 is 10.0 Å². The molecule has 2 aromatic rings. The van der Waals surface area contributed by atoms with Crippen molar-refractivity contribution < 1.29 is 13.2 Å². The first-order chi connectivity index (χ1) is 11.4. The van der Waals surface area contributed by atoms with Crippen LogP contribution in [0.2, 0.25) is 0 Å². The molecule has 0 atom stereocenters. The van der Waals surface area contributed by atoms with E-state index in [2.05, 4.69) is 14.9 Å². The van der Waals surface area contributed by atoms with Gasteiger partial charge in [0.1, 0.15) is 4.88 Å². The molecule has 9 heteroatoms. The van der Waals surface area contributed by atoms with Gasteiger partial charge in [-0.2, -0.15) is 4.31 Å². The monoisotopic (exact) mass is 368 g/mol. The van der Waals surface area contributed by atoms with Crippen molar-refractivity contribution in [2.24, 2.45) is 0 Å². The first-order valence-electron chi connectivity index (χ1n) is 7.66. The fraction of sp³-hybridized carbons (Fsp3) is 0.400. The van der Waals surface area contributed by atoms with Gasteiger partial charge in [0.2, 0.25) is 10.0 Å². The predicted molar refractivity (Wildman–Crippen MR) is 93.8 cm³/mol. The van der Waals surface area contributed by atoms with Crippen LogP contribution >= 0.6 is 11.5 Å². The average Bonchev–Trinajstić information content (AvgIpc) is 3.05. The Morgan fingerprint density at radius 2 is 1.79 bits per heavy atom. The van der Waals surface area contributed by atoms with Crippen molar-refractivity contribution in [3.8, 4) is 0 Å². The Labute approximate surface area is 145 Å². The van der Waals surface area contributed by atoms with Gasteiger partial charge in [0.25, 0.3) is 5.91 Å². The fourth-order valence-electron chi connectivity index (χ4n) is 2.22. The molecule has 0 spiro atoms. The van der Waals surface area contributed by atoms with Gasteiger partial charge in [-0.1, -0.05) is 25.3 Å². The molecule has 1 aromatic carbocycles. The molecule has 0 aliphatic carbocycles. The second-order valence-corrected chi connectivity index (χ2v) is 7.66. The lowest BCUT2D eigenvalue weighted by Gasteiger charge is -2.18. The summed E-state index contributed by atoms with van der Waals surface area (Å²) in [5, 5.41) is 6.64. The quantitative estimate of drug-likeness (QED) is 0.810. The van der Waals surface area contributed by atoms with Crippen molar-refractivity contribution in [2.45, 2.75) is 32.1 Å². The summed E-state index contributed by atoms with van der Waals surface area (Å²) < 4.78 is 30.0. The number of hydrogen-bond acceptors (Lipinski definition) is 6. The van der Waals surface area contributed by atoms with Crippen LogP contribution in [0.3, 0.4) is 0 Å². The molecule has 0 aliphatic heterocycles. The zero-order valence-electron chi connectivity index (χ0n) is 13.8. The van der Waals surface area contributed by atoms with E-state index in [0.717, 1.165) is 11.5 Å². The normalized spacial score (nSPS) is 11.7. The zero-order chi connectivity index (χ0) is 17.7. The minimum absolute atomic E-state index is 0.206. The number of aryl methyl sites for hydroxylation is 1. The first-order valence-corrected chi connectivity index (χ1v) is 9.88. The Morgan fingerprint density at radius 1 is 1.17 bits per heavy atom. The summed E-state index contributed by atoms with van der Waals surface area (Å²) in [6.45, 7) is 6.32. The molecule has 24 heavy (non-hydrogen) atoms. The molecule has 0 bridgehead atoms. The van der Waals surface area contributed by atoms with Crippen LogP contribution in [0.4, 0.5) is 5.69 Å². The zero-order valence-corrected chi connectivity index (χ0v) is 15.4. The molecule has 0 saturated carbocycles. The SMILES string of the molecule is CCc1nnsc1C(=O)Nc1ccc(S(=O)(=O)N(CC)CC)cc1. The number of carbonyl (C=O) groups is 1. The van der Waals surface area contributed by atoms with Crippen molar-refractivity contribution >= 4 is 33.2 Å². The first kappa shape index (κ1) is 18.5. The van der Waals surface area contributed by atoms with Crippen LogP contribution in [0.15, 0.2) is 29.2 Å². The Morgan fingerprint density at radius 3 is 2.33 bits per heavy atom. The van der Waals surface area contributed by atoms with E-state index in [1.807, 2.05) is 6.92 Å². The summed E-state index contributed by atoms with van der Waals surface area (Å²) in [6, 6.07) is 6.15. The lowest BCUT2D eigenvalue weighted by Crippen LogP contribution is -2.30. The van der Waals surface area contributed by atoms with E-state index in [4.69, 9.17) is 0 Å². The minimum Gasteiger partial charge on any atom is -0.321 e. The van der Waals surface area contributed by atoms with Gasteiger partial charge < -0.3 is 5.32 Å². The molecule has 0 unspecified atom stereocenters. The van der Waals surface area contributed by atoms with Crippen LogP contribution in [0.1, 0.15) is 36.1 Å². The molecular weight excluding hydrogens is 348 g/mol. The van der Waals surface area contributed by atoms with Gasteiger partial charge >= 0.3 is 0 Å². The molecule has 1 aromatic heterocycles. The summed E-state index contributed by atoms with van der Waals surface area (Å²) in [6.07, 6.45) is 0.625. The number of nitrogens with one attached hydrogen (secondary N) is 1. The molecule has 0 aliphatic rings. The van der Waals surface area contributed by atoms with E-state index in [1.54, 1.807) is 26.0 Å². The van der Waals surface area contributed by atoms with Crippen molar-refractivity contribution in [3.05, 3.63) is 34.8 Å². The highest BCUT2D eigenvalue weighted by atomic mass is 32.2. The van der Waals surface area contributed by atoms with Crippen LogP contribution in [0, 0.1) is 0 Å². The number of hydrogen-bond donors (Lipinski definition) is 1. The highest BCUT2D eigenvalue weighted by Gasteiger charge is 2.21. The van der Waals surface area contributed by atoms with Gasteiger partial charge in [0.05, 0.1) is 10.6 Å². The Hall–Kier alpha value is -1.84. The second kappa shape index (κ2) is 7.82. The molecule has 7 nitrogen and oxygen atoms in total. The van der Waals surface area contributed by atoms with Gasteiger partial charge in [-0.05, 0) is 42.2 Å². The Balaban J connectivity index is 2.17. The van der Waals surface area contributed by atoms with Crippen molar-refractivity contribution in [1.29, 1.82) is 0 Å². The van der Waals surface area contributed by atoms with Crippen molar-refractivity contribution in [1.82, 2.24) is 13.9 Å². The number of carbonyl (C=O) groups excluding carboxylic acids is 1. The van der Waals surface area contributed by atoms with Gasteiger partial charge in [0.15, 0.2) is 0 Å². The maximum atomic E-state index is 12.4. The summed E-state index contributed by atoms with van der Waals surface area (Å²) in [5.74, 6) is -0.291. The molecule has 1 amide bonds. The maximum absolute atomic E-state index is 12.4. The Kier molecular flexibility index (Phi) is 6.03. The Bertz CT molecular complexity index is 796. The lowest BCUT2D eigenvalue weighted by molar-refractivity contribution is 0.102. The maximum Gasteiger partial charge on any atom is 0.269 e. The summed E-state index contributed by atoms with van der Waals surface area (Å²) >= 11 is 1.04. The van der Waals surface area contributed by atoms with E-state index in [1.165, 1.54) is 16.4 Å². The van der Waals surface area contributed by atoms with Crippen LogP contribution in [0.25, 0.3) is 0 Å². The molecule has 130 valence electrons. The minimum atomic E-state index is -3.50. The third kappa shape index (κ3) is 3.80. The third-order valence-electron chi connectivity index (χ3n) is 3.55. The predicted octanol–water partition coefficient (Wildman–Crippen LogP) is 2.38. The molecule has 1 N–H and O–H groups in total. The fourth-order valence-corrected chi connectivity index (χ4v) is 4.33. The summed E-state index contributed by atoms with van der Waals surface area (Å²) in [4.78, 5) is 12.9. The van der Waals surface area contributed by atoms with Crippen LogP contribution < -0.4 is 5.32 Å². The number of nitrogens with zero attached hydrogens (tertiary/aromatic N) is 3. The summed E-state index contributed by atoms with van der Waals surface area (Å²) in [7, 11) is -3.50. The highest BCUT2D eigenvalue weighted by Crippen LogP contribution is 2.20. The third-order valence-corrected chi connectivity index (χ3v) is 6.38. The highest BCUT2D eigenvalue weighted by molar-refractivity contribution is 7.89. The van der Waals surface area contributed by atoms with Crippen molar-refractivity contribution in [3.63, 3.8) is 0 Å². The van der Waals surface area contributed by atoms with Gasteiger partial charge in [-0.3, -0.25) is 4.79 Å². The lowest BCUT2D eigenvalue weighted by atomic mass is 10.2. The van der Waals surface area contributed by atoms with Gasteiger partial charge in [-0.25, -0.2) is 8.42 Å². The molecule has 0 fully saturated rings. The average molecular weight is 368 g/mol. The van der Waals surface area contributed by atoms with E-state index in [9.17, 15) is 13.2 Å². The number of amides is 1. The summed E-state index contributed by atoms with van der Waals surface area (Å²) in [5.41, 5.74) is 1.17. The van der Waals surface area contributed by atoms with E-state index in [0.29, 0.717) is 35.8 Å².